The molecule has 0 spiro atoms. The zero-order valence-electron chi connectivity index (χ0n) is 23.4. The lowest BCUT2D eigenvalue weighted by Gasteiger charge is -2.21. The molecule has 2 aliphatic heterocycles. The van der Waals surface area contributed by atoms with E-state index in [9.17, 15) is 33.6 Å². The molecule has 0 radical (unpaired) electrons. The van der Waals surface area contributed by atoms with Gasteiger partial charge in [0, 0.05) is 50.0 Å². The first-order chi connectivity index (χ1) is 19.0. The Labute approximate surface area is 233 Å². The molecule has 2 unspecified atom stereocenters. The van der Waals surface area contributed by atoms with Crippen molar-refractivity contribution in [3.8, 4) is 0 Å². The molecule has 0 aromatic heterocycles. The molecule has 0 bridgehead atoms. The molecule has 2 heterocycles. The number of alkyl carbamates (subject to hydrolysis) is 2. The number of imide groups is 2. The Morgan fingerprint density at radius 3 is 1.77 bits per heavy atom. The summed E-state index contributed by atoms with van der Waals surface area (Å²) in [5.74, 6) is -1.40. The molecule has 14 heteroatoms. The molecule has 2 rings (SSSR count). The largest absolute Gasteiger partial charge is 0.453 e. The van der Waals surface area contributed by atoms with Gasteiger partial charge in [-0.15, -0.1) is 0 Å². The number of rotatable bonds is 14. The SMILES string of the molecule is CCCN1C(=O)C=CC1=O.COC(=O)NCCCCC(NC(=O)OC)C(=O)NC(C)CCCN1C(=O)C=CC1=O. The summed E-state index contributed by atoms with van der Waals surface area (Å²) in [4.78, 5) is 82.1. The second kappa shape index (κ2) is 18.1. The summed E-state index contributed by atoms with van der Waals surface area (Å²) in [6.07, 6.45) is 7.28. The first kappa shape index (κ1) is 33.8. The summed E-state index contributed by atoms with van der Waals surface area (Å²) < 4.78 is 9.04. The molecule has 3 N–H and O–H groups in total. The predicted molar refractivity (Wildman–Crippen MR) is 142 cm³/mol. The third kappa shape index (κ3) is 12.1. The number of amides is 7. The molecule has 0 aromatic rings. The van der Waals surface area contributed by atoms with Crippen LogP contribution in [0.25, 0.3) is 0 Å². The minimum Gasteiger partial charge on any atom is -0.453 e. The molecule has 14 nitrogen and oxygen atoms in total. The first-order valence-electron chi connectivity index (χ1n) is 13.1. The van der Waals surface area contributed by atoms with E-state index in [0.29, 0.717) is 45.2 Å². The van der Waals surface area contributed by atoms with E-state index >= 15 is 0 Å². The Hall–Kier alpha value is -4.23. The first-order valence-corrected chi connectivity index (χ1v) is 13.1. The summed E-state index contributed by atoms with van der Waals surface area (Å²) in [7, 11) is 2.48. The Morgan fingerprint density at radius 1 is 0.750 bits per heavy atom. The number of methoxy groups -OCH3 is 2. The van der Waals surface area contributed by atoms with Gasteiger partial charge in [0.1, 0.15) is 6.04 Å². The van der Waals surface area contributed by atoms with Gasteiger partial charge in [0.25, 0.3) is 23.6 Å². The number of nitrogens with zero attached hydrogens (tertiary/aromatic N) is 2. The van der Waals surface area contributed by atoms with Crippen molar-refractivity contribution >= 4 is 41.7 Å². The summed E-state index contributed by atoms with van der Waals surface area (Å²) in [5.41, 5.74) is 0. The monoisotopic (exact) mass is 565 g/mol. The maximum Gasteiger partial charge on any atom is 0.407 e. The van der Waals surface area contributed by atoms with Crippen LogP contribution in [-0.4, -0.2) is 97.5 Å². The van der Waals surface area contributed by atoms with Crippen LogP contribution in [0.4, 0.5) is 9.59 Å². The fourth-order valence-corrected chi connectivity index (χ4v) is 3.70. The van der Waals surface area contributed by atoms with Crippen LogP contribution >= 0.6 is 0 Å². The Balaban J connectivity index is 0.000000667. The zero-order chi connectivity index (χ0) is 30.1. The van der Waals surface area contributed by atoms with Crippen molar-refractivity contribution < 1.29 is 43.0 Å². The molecule has 0 aliphatic carbocycles. The van der Waals surface area contributed by atoms with Gasteiger partial charge in [0.15, 0.2) is 0 Å². The highest BCUT2D eigenvalue weighted by Gasteiger charge is 2.25. The minimum atomic E-state index is -0.788. The molecular formula is C26H39N5O9. The van der Waals surface area contributed by atoms with Crippen molar-refractivity contribution in [2.24, 2.45) is 0 Å². The molecule has 0 aromatic carbocycles. The molecular weight excluding hydrogens is 526 g/mol. The van der Waals surface area contributed by atoms with Crippen LogP contribution in [0.5, 0.6) is 0 Å². The van der Waals surface area contributed by atoms with E-state index in [0.717, 1.165) is 11.3 Å². The summed E-state index contributed by atoms with van der Waals surface area (Å²) >= 11 is 0. The molecule has 7 amide bonds. The zero-order valence-corrected chi connectivity index (χ0v) is 23.4. The Kier molecular flexibility index (Phi) is 15.3. The van der Waals surface area contributed by atoms with E-state index in [2.05, 4.69) is 25.4 Å². The standard InChI is InChI=1S/C19H30N4O7.C7H9NO2/c1-13(7-6-12-23-15(24)9-10-16(23)25)21-17(26)14(22-19(28)30-3)8-4-5-11-20-18(27)29-2;1-2-5-8-6(9)3-4-7(8)10/h9-10,13-14H,4-8,11-12H2,1-3H3,(H,20,27)(H,21,26)(H,22,28);3-4H,2,5H2,1H3. The molecule has 0 saturated carbocycles. The van der Waals surface area contributed by atoms with E-state index in [4.69, 9.17) is 0 Å². The van der Waals surface area contributed by atoms with Crippen molar-refractivity contribution in [3.63, 3.8) is 0 Å². The number of carbonyl (C=O) groups is 7. The quantitative estimate of drug-likeness (QED) is 0.202. The lowest BCUT2D eigenvalue weighted by Crippen LogP contribution is -2.49. The van der Waals surface area contributed by atoms with Gasteiger partial charge < -0.3 is 25.4 Å². The summed E-state index contributed by atoms with van der Waals surface area (Å²) in [6, 6.07) is -1.01. The fraction of sp³-hybridized carbons (Fsp3) is 0.577. The molecule has 40 heavy (non-hydrogen) atoms. The van der Waals surface area contributed by atoms with Crippen LogP contribution in [-0.2, 0) is 33.4 Å². The average molecular weight is 566 g/mol. The molecule has 2 aliphatic rings. The lowest BCUT2D eigenvalue weighted by atomic mass is 10.1. The van der Waals surface area contributed by atoms with Crippen molar-refractivity contribution in [2.75, 3.05) is 33.9 Å². The van der Waals surface area contributed by atoms with Crippen molar-refractivity contribution in [2.45, 2.75) is 64.5 Å². The number of carbonyl (C=O) groups excluding carboxylic acids is 7. The van der Waals surface area contributed by atoms with Crippen LogP contribution in [0.15, 0.2) is 24.3 Å². The van der Waals surface area contributed by atoms with E-state index in [1.54, 1.807) is 6.92 Å². The van der Waals surface area contributed by atoms with Gasteiger partial charge >= 0.3 is 12.2 Å². The topological polar surface area (TPSA) is 181 Å². The van der Waals surface area contributed by atoms with Crippen LogP contribution in [0, 0.1) is 0 Å². The highest BCUT2D eigenvalue weighted by molar-refractivity contribution is 6.13. The summed E-state index contributed by atoms with van der Waals surface area (Å²) in [6.45, 7) is 4.93. The number of hydrogen-bond acceptors (Lipinski definition) is 9. The lowest BCUT2D eigenvalue weighted by molar-refractivity contribution is -0.138. The Bertz CT molecular complexity index is 959. The van der Waals surface area contributed by atoms with Gasteiger partial charge in [-0.25, -0.2) is 9.59 Å². The summed E-state index contributed by atoms with van der Waals surface area (Å²) in [5, 5.41) is 7.87. The number of ether oxygens (including phenoxy) is 2. The fourth-order valence-electron chi connectivity index (χ4n) is 3.70. The maximum absolute atomic E-state index is 12.5. The number of nitrogens with one attached hydrogen (secondary N) is 3. The van der Waals surface area contributed by atoms with Gasteiger partial charge in [-0.05, 0) is 45.4 Å². The van der Waals surface area contributed by atoms with Crippen LogP contribution in [0.3, 0.4) is 0 Å². The molecule has 0 fully saturated rings. The highest BCUT2D eigenvalue weighted by atomic mass is 16.5. The van der Waals surface area contributed by atoms with Gasteiger partial charge in [0.05, 0.1) is 14.2 Å². The van der Waals surface area contributed by atoms with E-state index < -0.39 is 18.2 Å². The highest BCUT2D eigenvalue weighted by Crippen LogP contribution is 2.08. The van der Waals surface area contributed by atoms with Gasteiger partial charge in [0.2, 0.25) is 5.91 Å². The molecule has 0 saturated heterocycles. The van der Waals surface area contributed by atoms with Crippen molar-refractivity contribution in [1.82, 2.24) is 25.8 Å². The van der Waals surface area contributed by atoms with Gasteiger partial charge in [-0.2, -0.15) is 0 Å². The second-order valence-corrected chi connectivity index (χ2v) is 8.98. The van der Waals surface area contributed by atoms with E-state index in [1.807, 2.05) is 6.92 Å². The van der Waals surface area contributed by atoms with Crippen molar-refractivity contribution in [3.05, 3.63) is 24.3 Å². The Morgan fingerprint density at radius 2 is 1.27 bits per heavy atom. The maximum atomic E-state index is 12.5. The third-order valence-electron chi connectivity index (χ3n) is 5.82. The van der Waals surface area contributed by atoms with Gasteiger partial charge in [-0.3, -0.25) is 33.8 Å². The third-order valence-corrected chi connectivity index (χ3v) is 5.82. The normalized spacial score (nSPS) is 15.4. The average Bonchev–Trinajstić information content (AvgIpc) is 3.42. The number of hydrogen-bond donors (Lipinski definition) is 3. The minimum absolute atomic E-state index is 0.188. The molecule has 2 atom stereocenters. The van der Waals surface area contributed by atoms with E-state index in [-0.39, 0.29) is 42.1 Å². The van der Waals surface area contributed by atoms with E-state index in [1.165, 1.54) is 43.4 Å². The smallest absolute Gasteiger partial charge is 0.407 e. The predicted octanol–water partition coefficient (Wildman–Crippen LogP) is 0.769. The van der Waals surface area contributed by atoms with Crippen molar-refractivity contribution in [1.29, 1.82) is 0 Å². The molecule has 222 valence electrons. The van der Waals surface area contributed by atoms with Crippen LogP contribution in [0.2, 0.25) is 0 Å². The van der Waals surface area contributed by atoms with Crippen LogP contribution in [0.1, 0.15) is 52.4 Å². The second-order valence-electron chi connectivity index (χ2n) is 8.98. The number of unbranched alkanes of at least 4 members (excludes halogenated alkanes) is 1. The van der Waals surface area contributed by atoms with Crippen LogP contribution < -0.4 is 16.0 Å². The van der Waals surface area contributed by atoms with Gasteiger partial charge in [-0.1, -0.05) is 6.92 Å².